The summed E-state index contributed by atoms with van der Waals surface area (Å²) in [6.45, 7) is -0.269. The minimum atomic E-state index is -1.06. The zero-order valence-corrected chi connectivity index (χ0v) is 9.98. The van der Waals surface area contributed by atoms with Crippen LogP contribution in [0.5, 0.6) is 0 Å². The number of hydrogen-bond acceptors (Lipinski definition) is 6. The summed E-state index contributed by atoms with van der Waals surface area (Å²) in [5.74, 6) is -1.06. The van der Waals surface area contributed by atoms with Gasteiger partial charge in [0, 0.05) is 18.2 Å². The highest BCUT2D eigenvalue weighted by Crippen LogP contribution is 2.25. The van der Waals surface area contributed by atoms with E-state index >= 15 is 0 Å². The molecule has 0 saturated carbocycles. The Morgan fingerprint density at radius 3 is 2.42 bits per heavy atom. The normalized spacial score (nSPS) is 10.4. The highest BCUT2D eigenvalue weighted by atomic mass is 16.6. The SMILES string of the molecule is CN(CC(=O)O)Cc1ccc([N+](=O)[O-])cc1[N+](=O)[O-]. The van der Waals surface area contributed by atoms with Crippen LogP contribution in [0.4, 0.5) is 11.4 Å². The molecule has 0 aliphatic rings. The van der Waals surface area contributed by atoms with Crippen molar-refractivity contribution in [3.8, 4) is 0 Å². The first-order valence-electron chi connectivity index (χ1n) is 5.13. The summed E-state index contributed by atoms with van der Waals surface area (Å²) >= 11 is 0. The van der Waals surface area contributed by atoms with Crippen molar-refractivity contribution < 1.29 is 19.7 Å². The number of nitrogens with zero attached hydrogens (tertiary/aromatic N) is 3. The minimum absolute atomic E-state index is 0.0145. The lowest BCUT2D eigenvalue weighted by molar-refractivity contribution is -0.394. The van der Waals surface area contributed by atoms with E-state index in [0.717, 1.165) is 12.1 Å². The van der Waals surface area contributed by atoms with E-state index in [2.05, 4.69) is 0 Å². The molecule has 9 heteroatoms. The lowest BCUT2D eigenvalue weighted by Gasteiger charge is -2.13. The van der Waals surface area contributed by atoms with Gasteiger partial charge in [0.2, 0.25) is 0 Å². The smallest absolute Gasteiger partial charge is 0.317 e. The summed E-state index contributed by atoms with van der Waals surface area (Å²) in [6, 6.07) is 3.27. The molecule has 0 unspecified atom stereocenters. The molecule has 0 fully saturated rings. The van der Waals surface area contributed by atoms with Gasteiger partial charge in [0.15, 0.2) is 0 Å². The summed E-state index contributed by atoms with van der Waals surface area (Å²) < 4.78 is 0. The van der Waals surface area contributed by atoms with Crippen molar-refractivity contribution in [3.63, 3.8) is 0 Å². The van der Waals surface area contributed by atoms with Crippen LogP contribution >= 0.6 is 0 Å². The predicted molar refractivity (Wildman–Crippen MR) is 63.7 cm³/mol. The standard InChI is InChI=1S/C10H11N3O6/c1-11(6-10(14)15)5-7-2-3-8(12(16)17)4-9(7)13(18)19/h2-4H,5-6H2,1H3,(H,14,15). The molecule has 1 aromatic rings. The maximum absolute atomic E-state index is 10.8. The van der Waals surface area contributed by atoms with Gasteiger partial charge in [0.25, 0.3) is 11.4 Å². The third-order valence-corrected chi connectivity index (χ3v) is 2.32. The first-order valence-corrected chi connectivity index (χ1v) is 5.13. The molecule has 0 aromatic heterocycles. The second kappa shape index (κ2) is 5.87. The number of nitro benzene ring substituents is 2. The molecule has 1 aromatic carbocycles. The summed E-state index contributed by atoms with van der Waals surface area (Å²) in [4.78, 5) is 31.8. The van der Waals surface area contributed by atoms with Crippen molar-refractivity contribution in [2.75, 3.05) is 13.6 Å². The third kappa shape index (κ3) is 4.00. The van der Waals surface area contributed by atoms with Crippen LogP contribution in [0.3, 0.4) is 0 Å². The average Bonchev–Trinajstić information content (AvgIpc) is 2.27. The van der Waals surface area contributed by atoms with Crippen molar-refractivity contribution in [1.82, 2.24) is 4.90 Å². The number of likely N-dealkylation sites (N-methyl/N-ethyl adjacent to an activating group) is 1. The van der Waals surface area contributed by atoms with Crippen LogP contribution in [-0.2, 0) is 11.3 Å². The summed E-state index contributed by atoms with van der Waals surface area (Å²) in [5.41, 5.74) is -0.554. The van der Waals surface area contributed by atoms with Crippen LogP contribution in [0, 0.1) is 20.2 Å². The summed E-state index contributed by atoms with van der Waals surface area (Å²) in [7, 11) is 1.49. The van der Waals surface area contributed by atoms with Crippen molar-refractivity contribution in [3.05, 3.63) is 44.0 Å². The van der Waals surface area contributed by atoms with E-state index in [9.17, 15) is 25.0 Å². The topological polar surface area (TPSA) is 127 Å². The molecule has 0 aliphatic carbocycles. The molecule has 102 valence electrons. The molecule has 0 atom stereocenters. The van der Waals surface area contributed by atoms with Gasteiger partial charge in [0.05, 0.1) is 22.5 Å². The number of non-ortho nitro benzene ring substituents is 1. The highest BCUT2D eigenvalue weighted by molar-refractivity contribution is 5.69. The Balaban J connectivity index is 3.03. The molecule has 0 saturated heterocycles. The van der Waals surface area contributed by atoms with Gasteiger partial charge in [-0.15, -0.1) is 0 Å². The second-order valence-corrected chi connectivity index (χ2v) is 3.89. The van der Waals surface area contributed by atoms with Gasteiger partial charge in [-0.3, -0.25) is 29.9 Å². The third-order valence-electron chi connectivity index (χ3n) is 2.32. The minimum Gasteiger partial charge on any atom is -0.480 e. The molecule has 0 bridgehead atoms. The van der Waals surface area contributed by atoms with Crippen LogP contribution in [0.1, 0.15) is 5.56 Å². The molecule has 19 heavy (non-hydrogen) atoms. The van der Waals surface area contributed by atoms with Gasteiger partial charge in [-0.1, -0.05) is 0 Å². The fraction of sp³-hybridized carbons (Fsp3) is 0.300. The van der Waals surface area contributed by atoms with E-state index in [1.807, 2.05) is 0 Å². The molecule has 0 aliphatic heterocycles. The van der Waals surface area contributed by atoms with Crippen molar-refractivity contribution in [2.45, 2.75) is 6.54 Å². The Labute approximate surface area is 107 Å². The van der Waals surface area contributed by atoms with E-state index in [1.165, 1.54) is 18.0 Å². The van der Waals surface area contributed by atoms with Crippen molar-refractivity contribution >= 4 is 17.3 Å². The van der Waals surface area contributed by atoms with Gasteiger partial charge in [-0.05, 0) is 13.1 Å². The zero-order valence-electron chi connectivity index (χ0n) is 9.98. The van der Waals surface area contributed by atoms with E-state index in [1.54, 1.807) is 0 Å². The Morgan fingerprint density at radius 2 is 1.95 bits per heavy atom. The van der Waals surface area contributed by atoms with Gasteiger partial charge < -0.3 is 5.11 Å². The first kappa shape index (κ1) is 14.5. The Hall–Kier alpha value is -2.55. The quantitative estimate of drug-likeness (QED) is 0.603. The fourth-order valence-corrected chi connectivity index (χ4v) is 1.55. The van der Waals surface area contributed by atoms with E-state index < -0.39 is 21.5 Å². The second-order valence-electron chi connectivity index (χ2n) is 3.89. The summed E-state index contributed by atoms with van der Waals surface area (Å²) in [6.07, 6.45) is 0. The number of aliphatic carboxylic acids is 1. The fourth-order valence-electron chi connectivity index (χ4n) is 1.55. The number of carboxylic acid groups (broad SMARTS) is 1. The Morgan fingerprint density at radius 1 is 1.32 bits per heavy atom. The number of hydrogen-bond donors (Lipinski definition) is 1. The monoisotopic (exact) mass is 269 g/mol. The molecule has 1 N–H and O–H groups in total. The Bertz CT molecular complexity index is 530. The van der Waals surface area contributed by atoms with E-state index in [-0.39, 0.29) is 24.3 Å². The molecule has 0 radical (unpaired) electrons. The van der Waals surface area contributed by atoms with Gasteiger partial charge in [-0.25, -0.2) is 0 Å². The van der Waals surface area contributed by atoms with Crippen LogP contribution in [0.25, 0.3) is 0 Å². The van der Waals surface area contributed by atoms with E-state index in [0.29, 0.717) is 0 Å². The van der Waals surface area contributed by atoms with Gasteiger partial charge in [0.1, 0.15) is 0 Å². The molecular weight excluding hydrogens is 258 g/mol. The number of nitro groups is 2. The van der Waals surface area contributed by atoms with Gasteiger partial charge >= 0.3 is 5.97 Å². The molecule has 9 nitrogen and oxygen atoms in total. The van der Waals surface area contributed by atoms with Crippen molar-refractivity contribution in [2.24, 2.45) is 0 Å². The highest BCUT2D eigenvalue weighted by Gasteiger charge is 2.20. The predicted octanol–water partition coefficient (Wildman–Crippen LogP) is 1.02. The molecule has 0 spiro atoms. The van der Waals surface area contributed by atoms with Crippen LogP contribution in [0.15, 0.2) is 18.2 Å². The lowest BCUT2D eigenvalue weighted by Crippen LogP contribution is -2.25. The lowest BCUT2D eigenvalue weighted by atomic mass is 10.1. The molecule has 0 heterocycles. The molecular formula is C10H11N3O6. The number of carbonyl (C=O) groups is 1. The molecule has 1 rings (SSSR count). The van der Waals surface area contributed by atoms with E-state index in [4.69, 9.17) is 5.11 Å². The maximum Gasteiger partial charge on any atom is 0.317 e. The zero-order chi connectivity index (χ0) is 14.6. The molecule has 0 amide bonds. The largest absolute Gasteiger partial charge is 0.480 e. The van der Waals surface area contributed by atoms with Crippen LogP contribution < -0.4 is 0 Å². The van der Waals surface area contributed by atoms with Crippen LogP contribution in [-0.4, -0.2) is 39.4 Å². The number of carboxylic acids is 1. The maximum atomic E-state index is 10.8. The van der Waals surface area contributed by atoms with Crippen LogP contribution in [0.2, 0.25) is 0 Å². The number of benzene rings is 1. The first-order chi connectivity index (χ1) is 8.81. The average molecular weight is 269 g/mol. The number of rotatable bonds is 6. The Kier molecular flexibility index (Phi) is 4.48. The van der Waals surface area contributed by atoms with Crippen molar-refractivity contribution in [1.29, 1.82) is 0 Å². The summed E-state index contributed by atoms with van der Waals surface area (Å²) in [5, 5.41) is 30.0. The van der Waals surface area contributed by atoms with Gasteiger partial charge in [-0.2, -0.15) is 0 Å².